The van der Waals surface area contributed by atoms with Crippen LogP contribution in [0.2, 0.25) is 0 Å². The van der Waals surface area contributed by atoms with Gasteiger partial charge in [-0.15, -0.1) is 0 Å². The van der Waals surface area contributed by atoms with Crippen LogP contribution in [-0.4, -0.2) is 40.2 Å². The molecule has 1 heterocycles. The Morgan fingerprint density at radius 2 is 2.20 bits per heavy atom. The van der Waals surface area contributed by atoms with Crippen molar-refractivity contribution >= 4 is 15.7 Å². The van der Waals surface area contributed by atoms with Gasteiger partial charge in [0.25, 0.3) is 5.91 Å². The molecule has 0 saturated heterocycles. The van der Waals surface area contributed by atoms with E-state index < -0.39 is 9.84 Å². The van der Waals surface area contributed by atoms with Gasteiger partial charge in [0.2, 0.25) is 0 Å². The van der Waals surface area contributed by atoms with Gasteiger partial charge in [-0.3, -0.25) is 4.79 Å². The lowest BCUT2D eigenvalue weighted by atomic mass is 10.1. The zero-order chi connectivity index (χ0) is 14.6. The number of rotatable bonds is 4. The molecule has 5 nitrogen and oxygen atoms in total. The second-order valence-corrected chi connectivity index (χ2v) is 6.81. The molecule has 1 aromatic carbocycles. The standard InChI is InChI=1S/C14H18N2O3S/c1-20(18,19)13-4-2-3-12(9-13)14(17)16-10-11-5-7-15-8-6-11/h2-5,9,15H,6-8,10H2,1H3,(H,16,17). The van der Waals surface area contributed by atoms with Gasteiger partial charge in [0.15, 0.2) is 9.84 Å². The summed E-state index contributed by atoms with van der Waals surface area (Å²) < 4.78 is 22.9. The maximum absolute atomic E-state index is 12.0. The molecule has 0 bridgehead atoms. The van der Waals surface area contributed by atoms with Crippen molar-refractivity contribution in [2.24, 2.45) is 0 Å². The molecule has 1 aliphatic heterocycles. The first-order chi connectivity index (χ1) is 9.47. The first-order valence-electron chi connectivity index (χ1n) is 6.44. The van der Waals surface area contributed by atoms with Crippen molar-refractivity contribution in [2.45, 2.75) is 11.3 Å². The van der Waals surface area contributed by atoms with Crippen molar-refractivity contribution in [1.82, 2.24) is 10.6 Å². The highest BCUT2D eigenvalue weighted by Crippen LogP contribution is 2.11. The van der Waals surface area contributed by atoms with Gasteiger partial charge < -0.3 is 10.6 Å². The smallest absolute Gasteiger partial charge is 0.251 e. The van der Waals surface area contributed by atoms with Crippen molar-refractivity contribution in [3.8, 4) is 0 Å². The molecule has 1 aliphatic rings. The van der Waals surface area contributed by atoms with E-state index in [1.807, 2.05) is 0 Å². The average molecular weight is 294 g/mol. The van der Waals surface area contributed by atoms with Crippen molar-refractivity contribution in [3.05, 3.63) is 41.5 Å². The molecule has 0 saturated carbocycles. The van der Waals surface area contributed by atoms with Crippen LogP contribution in [0.3, 0.4) is 0 Å². The van der Waals surface area contributed by atoms with E-state index in [9.17, 15) is 13.2 Å². The summed E-state index contributed by atoms with van der Waals surface area (Å²) in [7, 11) is -3.29. The lowest BCUT2D eigenvalue weighted by Crippen LogP contribution is -2.29. The van der Waals surface area contributed by atoms with Crippen LogP contribution in [0.15, 0.2) is 40.8 Å². The first kappa shape index (κ1) is 14.7. The highest BCUT2D eigenvalue weighted by molar-refractivity contribution is 7.90. The average Bonchev–Trinajstić information content (AvgIpc) is 2.45. The Hall–Kier alpha value is -1.66. The van der Waals surface area contributed by atoms with Crippen molar-refractivity contribution in [2.75, 3.05) is 25.9 Å². The Labute approximate surface area is 119 Å². The second kappa shape index (κ2) is 6.19. The number of hydrogen-bond acceptors (Lipinski definition) is 4. The van der Waals surface area contributed by atoms with Crippen LogP contribution in [0.5, 0.6) is 0 Å². The fourth-order valence-electron chi connectivity index (χ4n) is 1.99. The second-order valence-electron chi connectivity index (χ2n) is 4.80. The molecule has 0 unspecified atom stereocenters. The molecule has 0 spiro atoms. The molecule has 0 atom stereocenters. The van der Waals surface area contributed by atoms with Gasteiger partial charge in [-0.1, -0.05) is 17.7 Å². The monoisotopic (exact) mass is 294 g/mol. The molecule has 0 aliphatic carbocycles. The third-order valence-electron chi connectivity index (χ3n) is 3.16. The molecule has 108 valence electrons. The van der Waals surface area contributed by atoms with Gasteiger partial charge in [-0.05, 0) is 31.2 Å². The summed E-state index contributed by atoms with van der Waals surface area (Å²) in [6.07, 6.45) is 4.12. The summed E-state index contributed by atoms with van der Waals surface area (Å²) in [5.41, 5.74) is 1.55. The van der Waals surface area contributed by atoms with Crippen LogP contribution in [0.1, 0.15) is 16.8 Å². The van der Waals surface area contributed by atoms with E-state index in [1.54, 1.807) is 12.1 Å². The van der Waals surface area contributed by atoms with Crippen LogP contribution < -0.4 is 10.6 Å². The lowest BCUT2D eigenvalue weighted by molar-refractivity contribution is 0.0956. The van der Waals surface area contributed by atoms with Gasteiger partial charge >= 0.3 is 0 Å². The normalized spacial score (nSPS) is 15.6. The Kier molecular flexibility index (Phi) is 4.57. The van der Waals surface area contributed by atoms with Gasteiger partial charge in [0.1, 0.15) is 0 Å². The number of sulfone groups is 1. The lowest BCUT2D eigenvalue weighted by Gasteiger charge is -2.14. The minimum Gasteiger partial charge on any atom is -0.348 e. The van der Waals surface area contributed by atoms with Crippen LogP contribution in [0.25, 0.3) is 0 Å². The highest BCUT2D eigenvalue weighted by Gasteiger charge is 2.12. The molecule has 20 heavy (non-hydrogen) atoms. The van der Waals surface area contributed by atoms with Crippen LogP contribution >= 0.6 is 0 Å². The molecule has 1 aromatic rings. The van der Waals surface area contributed by atoms with Gasteiger partial charge in [0.05, 0.1) is 4.90 Å². The number of hydrogen-bond donors (Lipinski definition) is 2. The molecule has 1 amide bonds. The Balaban J connectivity index is 2.04. The number of carbonyl (C=O) groups is 1. The van der Waals surface area contributed by atoms with E-state index in [0.717, 1.165) is 25.8 Å². The molecule has 0 radical (unpaired) electrons. The first-order valence-corrected chi connectivity index (χ1v) is 8.33. The molecular formula is C14H18N2O3S. The summed E-state index contributed by atoms with van der Waals surface area (Å²) in [4.78, 5) is 12.2. The predicted octanol–water partition coefficient (Wildman–Crippen LogP) is 0.740. The maximum atomic E-state index is 12.0. The van der Waals surface area contributed by atoms with Crippen molar-refractivity contribution in [3.63, 3.8) is 0 Å². The third-order valence-corrected chi connectivity index (χ3v) is 4.27. The highest BCUT2D eigenvalue weighted by atomic mass is 32.2. The van der Waals surface area contributed by atoms with Crippen molar-refractivity contribution < 1.29 is 13.2 Å². The Morgan fingerprint density at radius 3 is 2.85 bits per heavy atom. The van der Waals surface area contributed by atoms with Crippen LogP contribution in [0.4, 0.5) is 0 Å². The third kappa shape index (κ3) is 3.91. The fraction of sp³-hybridized carbons (Fsp3) is 0.357. The molecule has 0 aromatic heterocycles. The quantitative estimate of drug-likeness (QED) is 0.803. The Bertz CT molecular complexity index is 636. The van der Waals surface area contributed by atoms with Crippen LogP contribution in [0, 0.1) is 0 Å². The zero-order valence-corrected chi connectivity index (χ0v) is 12.2. The molecule has 6 heteroatoms. The largest absolute Gasteiger partial charge is 0.348 e. The predicted molar refractivity (Wildman–Crippen MR) is 77.5 cm³/mol. The Morgan fingerprint density at radius 1 is 1.40 bits per heavy atom. The van der Waals surface area contributed by atoms with Gasteiger partial charge in [-0.2, -0.15) is 0 Å². The van der Waals surface area contributed by atoms with E-state index in [0.29, 0.717) is 12.1 Å². The maximum Gasteiger partial charge on any atom is 0.251 e. The summed E-state index contributed by atoms with van der Waals surface area (Å²) in [6, 6.07) is 6.08. The minimum absolute atomic E-state index is 0.159. The fourth-order valence-corrected chi connectivity index (χ4v) is 2.66. The van der Waals surface area contributed by atoms with E-state index in [1.165, 1.54) is 17.7 Å². The molecule has 2 rings (SSSR count). The van der Waals surface area contributed by atoms with E-state index in [2.05, 4.69) is 16.7 Å². The number of benzene rings is 1. The number of amides is 1. The SMILES string of the molecule is CS(=O)(=O)c1cccc(C(=O)NCC2=CCNCC2)c1. The van der Waals surface area contributed by atoms with E-state index >= 15 is 0 Å². The summed E-state index contributed by atoms with van der Waals surface area (Å²) in [6.45, 7) is 2.25. The summed E-state index contributed by atoms with van der Waals surface area (Å²) >= 11 is 0. The van der Waals surface area contributed by atoms with E-state index in [4.69, 9.17) is 0 Å². The molecule has 2 N–H and O–H groups in total. The van der Waals surface area contributed by atoms with Gasteiger partial charge in [-0.25, -0.2) is 8.42 Å². The van der Waals surface area contributed by atoms with Gasteiger partial charge in [0, 0.05) is 24.9 Å². The van der Waals surface area contributed by atoms with E-state index in [-0.39, 0.29) is 10.8 Å². The molecule has 0 fully saturated rings. The minimum atomic E-state index is -3.29. The van der Waals surface area contributed by atoms with Crippen LogP contribution in [-0.2, 0) is 9.84 Å². The summed E-state index contributed by atoms with van der Waals surface area (Å²) in [5.74, 6) is -0.255. The number of carbonyl (C=O) groups excluding carboxylic acids is 1. The molecular weight excluding hydrogens is 276 g/mol. The summed E-state index contributed by atoms with van der Waals surface area (Å²) in [5, 5.41) is 6.02. The van der Waals surface area contributed by atoms with Crippen molar-refractivity contribution in [1.29, 1.82) is 0 Å². The topological polar surface area (TPSA) is 75.3 Å². The number of nitrogens with one attached hydrogen (secondary N) is 2. The zero-order valence-electron chi connectivity index (χ0n) is 11.3.